The second-order valence-corrected chi connectivity index (χ2v) is 7.46. The highest BCUT2D eigenvalue weighted by Gasteiger charge is 2.18. The fraction of sp³-hybridized carbons (Fsp3) is 0.136. The van der Waals surface area contributed by atoms with Crippen molar-refractivity contribution in [1.29, 1.82) is 0 Å². The SMILES string of the molecule is Cc1ccc(C(=O)CC(Nc2ccc(Br)cc2)c2ccc([N+](=O)[O-])cc2)cc1. The number of carbonyl (C=O) groups excluding carboxylic acids is 1. The molecule has 0 amide bonds. The third-order valence-electron chi connectivity index (χ3n) is 4.45. The smallest absolute Gasteiger partial charge is 0.269 e. The minimum absolute atomic E-state index is 0.00737. The molecule has 0 spiro atoms. The molecular formula is C22H19BrN2O3. The third kappa shape index (κ3) is 5.04. The molecule has 1 unspecified atom stereocenters. The molecule has 3 aromatic rings. The first-order valence-electron chi connectivity index (χ1n) is 8.79. The number of nitro groups is 1. The fourth-order valence-corrected chi connectivity index (χ4v) is 3.13. The number of rotatable bonds is 7. The highest BCUT2D eigenvalue weighted by molar-refractivity contribution is 9.10. The summed E-state index contributed by atoms with van der Waals surface area (Å²) in [5.74, 6) is 0.00737. The number of nitrogens with one attached hydrogen (secondary N) is 1. The summed E-state index contributed by atoms with van der Waals surface area (Å²) in [5.41, 5.74) is 3.44. The van der Waals surface area contributed by atoms with Gasteiger partial charge < -0.3 is 5.32 Å². The van der Waals surface area contributed by atoms with Crippen molar-refractivity contribution in [2.45, 2.75) is 19.4 Å². The van der Waals surface area contributed by atoms with Crippen LogP contribution >= 0.6 is 15.9 Å². The molecule has 0 saturated carbocycles. The van der Waals surface area contributed by atoms with E-state index in [9.17, 15) is 14.9 Å². The van der Waals surface area contributed by atoms with Crippen LogP contribution in [0.5, 0.6) is 0 Å². The monoisotopic (exact) mass is 438 g/mol. The topological polar surface area (TPSA) is 72.2 Å². The Bertz CT molecular complexity index is 968. The van der Waals surface area contributed by atoms with E-state index >= 15 is 0 Å². The lowest BCUT2D eigenvalue weighted by Crippen LogP contribution is -2.16. The zero-order valence-corrected chi connectivity index (χ0v) is 16.8. The average molecular weight is 439 g/mol. The maximum absolute atomic E-state index is 12.8. The quantitative estimate of drug-likeness (QED) is 0.275. The van der Waals surface area contributed by atoms with E-state index in [0.29, 0.717) is 5.56 Å². The molecule has 142 valence electrons. The van der Waals surface area contributed by atoms with Gasteiger partial charge >= 0.3 is 0 Å². The Hall–Kier alpha value is -2.99. The van der Waals surface area contributed by atoms with E-state index in [0.717, 1.165) is 21.3 Å². The van der Waals surface area contributed by atoms with Crippen LogP contribution in [0, 0.1) is 17.0 Å². The van der Waals surface area contributed by atoms with Crippen molar-refractivity contribution in [3.8, 4) is 0 Å². The molecule has 5 nitrogen and oxygen atoms in total. The van der Waals surface area contributed by atoms with Gasteiger partial charge in [-0.15, -0.1) is 0 Å². The van der Waals surface area contributed by atoms with Gasteiger partial charge in [0.25, 0.3) is 5.69 Å². The second kappa shape index (κ2) is 8.80. The first-order valence-corrected chi connectivity index (χ1v) is 9.58. The number of hydrogen-bond acceptors (Lipinski definition) is 4. The van der Waals surface area contributed by atoms with Gasteiger partial charge in [-0.2, -0.15) is 0 Å². The van der Waals surface area contributed by atoms with Crippen LogP contribution < -0.4 is 5.32 Å². The molecule has 3 rings (SSSR count). The van der Waals surface area contributed by atoms with Gasteiger partial charge in [0.2, 0.25) is 0 Å². The molecule has 0 aliphatic heterocycles. The van der Waals surface area contributed by atoms with Crippen LogP contribution in [0.4, 0.5) is 11.4 Å². The lowest BCUT2D eigenvalue weighted by molar-refractivity contribution is -0.384. The maximum Gasteiger partial charge on any atom is 0.269 e. The molecule has 6 heteroatoms. The molecule has 3 aromatic carbocycles. The van der Waals surface area contributed by atoms with Crippen molar-refractivity contribution in [1.82, 2.24) is 0 Å². The molecule has 1 N–H and O–H groups in total. The highest BCUT2D eigenvalue weighted by Crippen LogP contribution is 2.27. The minimum Gasteiger partial charge on any atom is -0.378 e. The minimum atomic E-state index is -0.432. The molecule has 0 aromatic heterocycles. The van der Waals surface area contributed by atoms with Crippen LogP contribution in [-0.4, -0.2) is 10.7 Å². The largest absolute Gasteiger partial charge is 0.378 e. The van der Waals surface area contributed by atoms with Gasteiger partial charge in [-0.3, -0.25) is 14.9 Å². The van der Waals surface area contributed by atoms with Crippen molar-refractivity contribution < 1.29 is 9.72 Å². The number of carbonyl (C=O) groups is 1. The van der Waals surface area contributed by atoms with Crippen LogP contribution in [0.25, 0.3) is 0 Å². The number of Topliss-reactive ketones (excluding diaryl/α,β-unsaturated/α-hetero) is 1. The Morgan fingerprint density at radius 3 is 2.18 bits per heavy atom. The number of non-ortho nitro benzene ring substituents is 1. The molecular weight excluding hydrogens is 420 g/mol. The van der Waals surface area contributed by atoms with Gasteiger partial charge in [-0.1, -0.05) is 57.9 Å². The number of halogens is 1. The van der Waals surface area contributed by atoms with Crippen LogP contribution in [0.15, 0.2) is 77.3 Å². The molecule has 0 saturated heterocycles. The standard InChI is InChI=1S/C22H19BrN2O3/c1-15-2-4-17(5-3-15)22(26)14-21(24-19-10-8-18(23)9-11-19)16-6-12-20(13-7-16)25(27)28/h2-13,21,24H,14H2,1H3. The van der Waals surface area contributed by atoms with E-state index in [1.165, 1.54) is 12.1 Å². The molecule has 28 heavy (non-hydrogen) atoms. The van der Waals surface area contributed by atoms with Gasteiger partial charge in [-0.25, -0.2) is 0 Å². The molecule has 0 aliphatic carbocycles. The van der Waals surface area contributed by atoms with Gasteiger partial charge in [-0.05, 0) is 36.8 Å². The summed E-state index contributed by atoms with van der Waals surface area (Å²) in [6, 6.07) is 21.1. The van der Waals surface area contributed by atoms with Crippen LogP contribution in [-0.2, 0) is 0 Å². The number of nitrogens with zero attached hydrogens (tertiary/aromatic N) is 1. The Balaban J connectivity index is 1.86. The number of aryl methyl sites for hydroxylation is 1. The second-order valence-electron chi connectivity index (χ2n) is 6.55. The fourth-order valence-electron chi connectivity index (χ4n) is 2.87. The van der Waals surface area contributed by atoms with Gasteiger partial charge in [0, 0.05) is 34.3 Å². The van der Waals surface area contributed by atoms with Crippen molar-refractivity contribution in [2.75, 3.05) is 5.32 Å². The van der Waals surface area contributed by atoms with Crippen molar-refractivity contribution in [3.63, 3.8) is 0 Å². The van der Waals surface area contributed by atoms with Gasteiger partial charge in [0.15, 0.2) is 5.78 Å². The predicted octanol–water partition coefficient (Wildman–Crippen LogP) is 6.09. The zero-order chi connectivity index (χ0) is 20.1. The Labute approximate surface area is 171 Å². The number of benzene rings is 3. The van der Waals surface area contributed by atoms with E-state index < -0.39 is 4.92 Å². The zero-order valence-electron chi connectivity index (χ0n) is 15.3. The van der Waals surface area contributed by atoms with Gasteiger partial charge in [0.05, 0.1) is 11.0 Å². The van der Waals surface area contributed by atoms with Crippen LogP contribution in [0.2, 0.25) is 0 Å². The number of ketones is 1. The predicted molar refractivity (Wildman–Crippen MR) is 114 cm³/mol. The first-order chi connectivity index (χ1) is 13.4. The first kappa shape index (κ1) is 19.8. The summed E-state index contributed by atoms with van der Waals surface area (Å²) in [6.45, 7) is 1.98. The lowest BCUT2D eigenvalue weighted by Gasteiger charge is -2.20. The molecule has 0 radical (unpaired) electrons. The van der Waals surface area contributed by atoms with E-state index in [1.807, 2.05) is 55.5 Å². The molecule has 0 bridgehead atoms. The summed E-state index contributed by atoms with van der Waals surface area (Å²) in [4.78, 5) is 23.3. The average Bonchev–Trinajstić information content (AvgIpc) is 2.69. The van der Waals surface area contributed by atoms with E-state index in [1.54, 1.807) is 12.1 Å². The molecule has 0 heterocycles. The van der Waals surface area contributed by atoms with Gasteiger partial charge in [0.1, 0.15) is 0 Å². The maximum atomic E-state index is 12.8. The van der Waals surface area contributed by atoms with Crippen molar-refractivity contribution >= 4 is 33.1 Å². The summed E-state index contributed by atoms with van der Waals surface area (Å²) >= 11 is 3.41. The Morgan fingerprint density at radius 1 is 1.00 bits per heavy atom. The summed E-state index contributed by atoms with van der Waals surface area (Å²) in [5, 5.41) is 14.3. The third-order valence-corrected chi connectivity index (χ3v) is 4.98. The van der Waals surface area contributed by atoms with Crippen molar-refractivity contribution in [3.05, 3.63) is 104 Å². The van der Waals surface area contributed by atoms with E-state index in [4.69, 9.17) is 0 Å². The Kier molecular flexibility index (Phi) is 6.21. The molecule has 0 aliphatic rings. The molecule has 1 atom stereocenters. The van der Waals surface area contributed by atoms with E-state index in [2.05, 4.69) is 21.2 Å². The lowest BCUT2D eigenvalue weighted by atomic mass is 9.97. The summed E-state index contributed by atoms with van der Waals surface area (Å²) in [7, 11) is 0. The summed E-state index contributed by atoms with van der Waals surface area (Å²) in [6.07, 6.45) is 0.233. The summed E-state index contributed by atoms with van der Waals surface area (Å²) < 4.78 is 0.959. The normalized spacial score (nSPS) is 11.6. The van der Waals surface area contributed by atoms with Crippen LogP contribution in [0.1, 0.15) is 33.9 Å². The Morgan fingerprint density at radius 2 is 1.61 bits per heavy atom. The number of anilines is 1. The van der Waals surface area contributed by atoms with E-state index in [-0.39, 0.29) is 23.9 Å². The van der Waals surface area contributed by atoms with Crippen molar-refractivity contribution in [2.24, 2.45) is 0 Å². The van der Waals surface area contributed by atoms with Crippen LogP contribution in [0.3, 0.4) is 0 Å². The number of hydrogen-bond donors (Lipinski definition) is 1. The molecule has 0 fully saturated rings. The highest BCUT2D eigenvalue weighted by atomic mass is 79.9. The number of nitro benzene ring substituents is 1.